The molecule has 158 valence electrons. The number of nitrogens with zero attached hydrogens (tertiary/aromatic N) is 1. The van der Waals surface area contributed by atoms with Crippen LogP contribution in [0.1, 0.15) is 17.3 Å². The zero-order valence-corrected chi connectivity index (χ0v) is 18.1. The van der Waals surface area contributed by atoms with Crippen molar-refractivity contribution in [2.45, 2.75) is 18.0 Å². The van der Waals surface area contributed by atoms with Gasteiger partial charge in [0, 0.05) is 4.88 Å². The van der Waals surface area contributed by atoms with Gasteiger partial charge in [0.05, 0.1) is 30.7 Å². The summed E-state index contributed by atoms with van der Waals surface area (Å²) in [6, 6.07) is 8.50. The number of fused-ring (bicyclic) bond motifs is 1. The standard InChI is InChI=1S/C21H21FN2O4S2/c1-28-20(27)21(9-11-29-2)16-15(17(23-21)14-4-3-10-30-14)18(25)24(19(16)26)13-7-5-12(22)6-8-13/h3-8,10,15-17,23H,9,11H2,1-2H3/t15-,16-,17-,21-/m1/s1. The summed E-state index contributed by atoms with van der Waals surface area (Å²) < 4.78 is 18.5. The Bertz CT molecular complexity index is 966. The molecular formula is C21H21FN2O4S2. The number of thioether (sulfide) groups is 1. The van der Waals surface area contributed by atoms with E-state index < -0.39 is 47.0 Å². The van der Waals surface area contributed by atoms with Crippen molar-refractivity contribution in [2.75, 3.05) is 24.0 Å². The minimum absolute atomic E-state index is 0.300. The van der Waals surface area contributed by atoms with Gasteiger partial charge in [-0.2, -0.15) is 11.8 Å². The van der Waals surface area contributed by atoms with E-state index >= 15 is 0 Å². The fourth-order valence-corrected chi connectivity index (χ4v) is 5.87. The quantitative estimate of drug-likeness (QED) is 0.541. The third kappa shape index (κ3) is 3.16. The molecule has 2 aliphatic rings. The minimum atomic E-state index is -1.31. The van der Waals surface area contributed by atoms with Crippen molar-refractivity contribution in [1.82, 2.24) is 5.32 Å². The Morgan fingerprint density at radius 1 is 1.27 bits per heavy atom. The van der Waals surface area contributed by atoms with Gasteiger partial charge in [0.25, 0.3) is 0 Å². The van der Waals surface area contributed by atoms with Crippen LogP contribution in [0.4, 0.5) is 10.1 Å². The van der Waals surface area contributed by atoms with Crippen molar-refractivity contribution in [3.8, 4) is 0 Å². The van der Waals surface area contributed by atoms with Gasteiger partial charge in [0.1, 0.15) is 11.4 Å². The summed E-state index contributed by atoms with van der Waals surface area (Å²) in [5, 5.41) is 5.22. The van der Waals surface area contributed by atoms with Gasteiger partial charge < -0.3 is 4.74 Å². The molecule has 2 saturated heterocycles. The molecule has 2 aliphatic heterocycles. The molecule has 2 fully saturated rings. The number of carbonyl (C=O) groups excluding carboxylic acids is 3. The summed E-state index contributed by atoms with van der Waals surface area (Å²) in [4.78, 5) is 42.0. The number of nitrogens with one attached hydrogen (secondary N) is 1. The predicted octanol–water partition coefficient (Wildman–Crippen LogP) is 3.00. The molecule has 6 nitrogen and oxygen atoms in total. The number of amides is 2. The Hall–Kier alpha value is -2.23. The lowest BCUT2D eigenvalue weighted by Gasteiger charge is -2.32. The number of hydrogen-bond acceptors (Lipinski definition) is 7. The second-order valence-electron chi connectivity index (χ2n) is 7.33. The van der Waals surface area contributed by atoms with Crippen LogP contribution in [-0.4, -0.2) is 42.4 Å². The Morgan fingerprint density at radius 2 is 2.00 bits per heavy atom. The van der Waals surface area contributed by atoms with Gasteiger partial charge in [0.2, 0.25) is 11.8 Å². The molecule has 2 amide bonds. The summed E-state index contributed by atoms with van der Waals surface area (Å²) in [5.74, 6) is -2.90. The normalized spacial score (nSPS) is 28.1. The van der Waals surface area contributed by atoms with Crippen molar-refractivity contribution in [2.24, 2.45) is 11.8 Å². The van der Waals surface area contributed by atoms with Gasteiger partial charge in [-0.1, -0.05) is 6.07 Å². The number of benzene rings is 1. The molecule has 0 saturated carbocycles. The Kier molecular flexibility index (Phi) is 5.69. The van der Waals surface area contributed by atoms with Gasteiger partial charge in [0.15, 0.2) is 0 Å². The first-order valence-electron chi connectivity index (χ1n) is 9.46. The summed E-state index contributed by atoms with van der Waals surface area (Å²) in [6.07, 6.45) is 2.26. The molecule has 0 unspecified atom stereocenters. The number of imide groups is 1. The lowest BCUT2D eigenvalue weighted by Crippen LogP contribution is -2.56. The maximum atomic E-state index is 13.6. The number of carbonyl (C=O) groups is 3. The van der Waals surface area contributed by atoms with Gasteiger partial charge in [-0.05, 0) is 54.1 Å². The first kappa shape index (κ1) is 21.0. The first-order valence-corrected chi connectivity index (χ1v) is 11.7. The van der Waals surface area contributed by atoms with E-state index in [9.17, 15) is 18.8 Å². The number of halogens is 1. The van der Waals surface area contributed by atoms with Crippen LogP contribution in [-0.2, 0) is 19.1 Å². The molecular weight excluding hydrogens is 427 g/mol. The highest BCUT2D eigenvalue weighted by Crippen LogP contribution is 2.52. The van der Waals surface area contributed by atoms with E-state index in [1.54, 1.807) is 11.8 Å². The lowest BCUT2D eigenvalue weighted by molar-refractivity contribution is -0.152. The van der Waals surface area contributed by atoms with E-state index in [4.69, 9.17) is 4.74 Å². The fraction of sp³-hybridized carbons (Fsp3) is 0.381. The summed E-state index contributed by atoms with van der Waals surface area (Å²) in [5.41, 5.74) is -1.01. The number of hydrogen-bond donors (Lipinski definition) is 1. The summed E-state index contributed by atoms with van der Waals surface area (Å²) in [7, 11) is 1.29. The second kappa shape index (κ2) is 8.13. The van der Waals surface area contributed by atoms with Gasteiger partial charge >= 0.3 is 5.97 Å². The number of methoxy groups -OCH3 is 1. The maximum Gasteiger partial charge on any atom is 0.326 e. The van der Waals surface area contributed by atoms with Crippen molar-refractivity contribution >= 4 is 46.6 Å². The van der Waals surface area contributed by atoms with Gasteiger partial charge in [-0.25, -0.2) is 9.29 Å². The van der Waals surface area contributed by atoms with Crippen LogP contribution in [0, 0.1) is 17.7 Å². The van der Waals surface area contributed by atoms with E-state index in [1.165, 1.54) is 42.7 Å². The number of ether oxygens (including phenoxy) is 1. The molecule has 4 rings (SSSR count). The van der Waals surface area contributed by atoms with E-state index in [-0.39, 0.29) is 0 Å². The van der Waals surface area contributed by atoms with E-state index in [1.807, 2.05) is 23.8 Å². The largest absolute Gasteiger partial charge is 0.468 e. The third-order valence-corrected chi connectivity index (χ3v) is 7.41. The van der Waals surface area contributed by atoms with Crippen molar-refractivity contribution in [1.29, 1.82) is 0 Å². The average molecular weight is 449 g/mol. The molecule has 9 heteroatoms. The highest BCUT2D eigenvalue weighted by molar-refractivity contribution is 7.98. The topological polar surface area (TPSA) is 75.7 Å². The molecule has 0 aliphatic carbocycles. The number of rotatable bonds is 6. The van der Waals surface area contributed by atoms with Crippen LogP contribution in [0.2, 0.25) is 0 Å². The maximum absolute atomic E-state index is 13.6. The zero-order chi connectivity index (χ0) is 21.5. The van der Waals surface area contributed by atoms with Crippen LogP contribution in [0.15, 0.2) is 41.8 Å². The van der Waals surface area contributed by atoms with Crippen molar-refractivity contribution < 1.29 is 23.5 Å². The van der Waals surface area contributed by atoms with Gasteiger partial charge in [-0.3, -0.25) is 19.7 Å². The molecule has 0 bridgehead atoms. The van der Waals surface area contributed by atoms with E-state index in [2.05, 4.69) is 5.32 Å². The smallest absolute Gasteiger partial charge is 0.326 e. The van der Waals surface area contributed by atoms with Crippen LogP contribution < -0.4 is 10.2 Å². The predicted molar refractivity (Wildman–Crippen MR) is 114 cm³/mol. The summed E-state index contributed by atoms with van der Waals surface area (Å²) in [6.45, 7) is 0. The Morgan fingerprint density at radius 3 is 2.60 bits per heavy atom. The number of esters is 1. The molecule has 0 radical (unpaired) electrons. The molecule has 1 aromatic heterocycles. The molecule has 3 heterocycles. The molecule has 0 spiro atoms. The van der Waals surface area contributed by atoms with Crippen LogP contribution in [0.3, 0.4) is 0 Å². The molecule has 1 aromatic carbocycles. The van der Waals surface area contributed by atoms with E-state index in [0.29, 0.717) is 17.9 Å². The number of anilines is 1. The monoisotopic (exact) mass is 448 g/mol. The second-order valence-corrected chi connectivity index (χ2v) is 9.30. The third-order valence-electron chi connectivity index (χ3n) is 5.84. The fourth-order valence-electron chi connectivity index (χ4n) is 4.52. The van der Waals surface area contributed by atoms with Crippen molar-refractivity contribution in [3.63, 3.8) is 0 Å². The number of thiophene rings is 1. The molecule has 1 N–H and O–H groups in total. The van der Waals surface area contributed by atoms with Crippen LogP contribution in [0.25, 0.3) is 0 Å². The Balaban J connectivity index is 1.83. The highest BCUT2D eigenvalue weighted by Gasteiger charge is 2.68. The molecule has 2 aromatic rings. The van der Waals surface area contributed by atoms with E-state index in [0.717, 1.165) is 9.78 Å². The van der Waals surface area contributed by atoms with Crippen LogP contribution >= 0.6 is 23.1 Å². The first-order chi connectivity index (χ1) is 14.4. The average Bonchev–Trinajstić information content (AvgIpc) is 3.44. The summed E-state index contributed by atoms with van der Waals surface area (Å²) >= 11 is 3.02. The van der Waals surface area contributed by atoms with Crippen molar-refractivity contribution in [3.05, 3.63) is 52.5 Å². The van der Waals surface area contributed by atoms with Crippen LogP contribution in [0.5, 0.6) is 0 Å². The SMILES string of the molecule is COC(=O)[C@]1(CCSC)N[C@H](c2cccs2)[C@@H]2C(=O)N(c3ccc(F)cc3)C(=O)[C@@H]21. The highest BCUT2D eigenvalue weighted by atomic mass is 32.2. The van der Waals surface area contributed by atoms with Gasteiger partial charge in [-0.15, -0.1) is 11.3 Å². The lowest BCUT2D eigenvalue weighted by atomic mass is 9.78. The molecule has 30 heavy (non-hydrogen) atoms. The Labute approximate surface area is 181 Å². The minimum Gasteiger partial charge on any atom is -0.468 e. The molecule has 4 atom stereocenters. The zero-order valence-electron chi connectivity index (χ0n) is 16.5.